The predicted molar refractivity (Wildman–Crippen MR) is 128 cm³/mol. The number of ether oxygens (including phenoxy) is 1. The van der Waals surface area contributed by atoms with Gasteiger partial charge in [-0.25, -0.2) is 0 Å². The average molecular weight is 444 g/mol. The van der Waals surface area contributed by atoms with Gasteiger partial charge in [0.1, 0.15) is 0 Å². The normalized spacial score (nSPS) is 43.3. The van der Waals surface area contributed by atoms with Gasteiger partial charge in [-0.2, -0.15) is 0 Å². The highest BCUT2D eigenvalue weighted by Gasteiger charge is 2.51. The number of rotatable bonds is 5. The molecule has 5 fully saturated rings. The Labute approximate surface area is 195 Å². The first-order chi connectivity index (χ1) is 15.4. The zero-order valence-electron chi connectivity index (χ0n) is 20.3. The van der Waals surface area contributed by atoms with Gasteiger partial charge in [-0.1, -0.05) is 37.1 Å². The minimum Gasteiger partial charge on any atom is -0.393 e. The third kappa shape index (κ3) is 4.76. The second kappa shape index (κ2) is 9.52. The maximum atomic E-state index is 10.0. The fourth-order valence-electron chi connectivity index (χ4n) is 8.04. The molecular formula is C28H45NO3. The predicted octanol–water partition coefficient (Wildman–Crippen LogP) is 4.71. The maximum Gasteiger partial charge on any atom is 0.0625 e. The number of aliphatic hydroxyl groups excluding tert-OH is 2. The van der Waals surface area contributed by atoms with Crippen molar-refractivity contribution in [3.05, 3.63) is 23.3 Å². The van der Waals surface area contributed by atoms with E-state index in [1.54, 1.807) is 5.57 Å². The number of aliphatic hydroxyl groups is 2. The molecule has 0 radical (unpaired) electrons. The molecule has 0 aromatic heterocycles. The van der Waals surface area contributed by atoms with Crippen LogP contribution in [0.1, 0.15) is 78.1 Å². The molecule has 180 valence electrons. The van der Waals surface area contributed by atoms with Crippen LogP contribution in [0.25, 0.3) is 0 Å². The molecule has 0 aromatic carbocycles. The molecule has 2 N–H and O–H groups in total. The van der Waals surface area contributed by atoms with Gasteiger partial charge in [-0.05, 0) is 93.3 Å². The zero-order chi connectivity index (χ0) is 22.3. The average Bonchev–Trinajstić information content (AvgIpc) is 3.53. The van der Waals surface area contributed by atoms with Gasteiger partial charge in [0, 0.05) is 19.1 Å². The lowest BCUT2D eigenvalue weighted by Crippen LogP contribution is -2.50. The Morgan fingerprint density at radius 3 is 2.66 bits per heavy atom. The van der Waals surface area contributed by atoms with E-state index >= 15 is 0 Å². The monoisotopic (exact) mass is 443 g/mol. The molecule has 4 nitrogen and oxygen atoms in total. The highest BCUT2D eigenvalue weighted by Crippen LogP contribution is 2.59. The molecule has 32 heavy (non-hydrogen) atoms. The topological polar surface area (TPSA) is 52.9 Å². The number of hydrogen-bond donors (Lipinski definition) is 2. The van der Waals surface area contributed by atoms with Crippen molar-refractivity contribution in [2.24, 2.45) is 29.1 Å². The highest BCUT2D eigenvalue weighted by molar-refractivity contribution is 5.26. The molecule has 0 aromatic rings. The van der Waals surface area contributed by atoms with Crippen molar-refractivity contribution in [2.75, 3.05) is 26.3 Å². The van der Waals surface area contributed by atoms with Gasteiger partial charge in [0.05, 0.1) is 25.4 Å². The Hall–Kier alpha value is -0.680. The fourth-order valence-corrected chi connectivity index (χ4v) is 8.04. The molecule has 7 atom stereocenters. The summed E-state index contributed by atoms with van der Waals surface area (Å²) in [5.74, 6) is 3.15. The summed E-state index contributed by atoms with van der Waals surface area (Å²) in [6.45, 7) is 9.35. The lowest BCUT2D eigenvalue weighted by Gasteiger charge is -2.46. The fraction of sp³-hybridized carbons (Fsp3) is 0.857. The van der Waals surface area contributed by atoms with Crippen LogP contribution in [0.3, 0.4) is 0 Å². The Kier molecular flexibility index (Phi) is 6.87. The van der Waals surface area contributed by atoms with Crippen LogP contribution in [0.4, 0.5) is 0 Å². The Morgan fingerprint density at radius 2 is 1.91 bits per heavy atom. The van der Waals surface area contributed by atoms with E-state index < -0.39 is 0 Å². The van der Waals surface area contributed by atoms with E-state index in [9.17, 15) is 10.2 Å². The number of allylic oxidation sites excluding steroid dienone is 3. The van der Waals surface area contributed by atoms with Crippen molar-refractivity contribution >= 4 is 0 Å². The largest absolute Gasteiger partial charge is 0.393 e. The highest BCUT2D eigenvalue weighted by atomic mass is 16.5. The molecule has 4 heteroatoms. The SMILES string of the molecule is C[C@H](CN1CCOC[C@@H]1C1CC1)[C@H]1CC[C@H]2/C(=C/C=C3C[C@@H](O)C[C@H](O)C3)CCC[C@]12C. The van der Waals surface area contributed by atoms with Gasteiger partial charge in [-0.15, -0.1) is 0 Å². The van der Waals surface area contributed by atoms with Crippen LogP contribution in [0.5, 0.6) is 0 Å². The van der Waals surface area contributed by atoms with Crippen LogP contribution in [0.2, 0.25) is 0 Å². The summed E-state index contributed by atoms with van der Waals surface area (Å²) in [4.78, 5) is 2.78. The molecule has 5 rings (SSSR count). The molecular weight excluding hydrogens is 398 g/mol. The van der Waals surface area contributed by atoms with E-state index in [0.29, 0.717) is 23.8 Å². The van der Waals surface area contributed by atoms with Crippen LogP contribution < -0.4 is 0 Å². The van der Waals surface area contributed by atoms with E-state index in [2.05, 4.69) is 30.9 Å². The molecule has 5 aliphatic rings. The first kappa shape index (κ1) is 23.1. The van der Waals surface area contributed by atoms with Crippen LogP contribution in [-0.2, 0) is 4.74 Å². The molecule has 1 heterocycles. The molecule has 0 spiro atoms. The van der Waals surface area contributed by atoms with E-state index in [-0.39, 0.29) is 12.2 Å². The third-order valence-electron chi connectivity index (χ3n) is 9.77. The summed E-state index contributed by atoms with van der Waals surface area (Å²) in [5, 5.41) is 20.1. The first-order valence-electron chi connectivity index (χ1n) is 13.5. The lowest BCUT2D eigenvalue weighted by molar-refractivity contribution is -0.0312. The Bertz CT molecular complexity index is 716. The van der Waals surface area contributed by atoms with Crippen molar-refractivity contribution in [2.45, 2.75) is 96.3 Å². The third-order valence-corrected chi connectivity index (χ3v) is 9.77. The maximum absolute atomic E-state index is 10.0. The van der Waals surface area contributed by atoms with Crippen molar-refractivity contribution in [1.29, 1.82) is 0 Å². The number of morpholine rings is 1. The lowest BCUT2D eigenvalue weighted by atomic mass is 9.61. The number of hydrogen-bond acceptors (Lipinski definition) is 4. The zero-order valence-corrected chi connectivity index (χ0v) is 20.3. The van der Waals surface area contributed by atoms with Gasteiger partial charge < -0.3 is 14.9 Å². The van der Waals surface area contributed by atoms with Gasteiger partial charge in [-0.3, -0.25) is 4.90 Å². The number of fused-ring (bicyclic) bond motifs is 1. The molecule has 0 amide bonds. The van der Waals surface area contributed by atoms with Crippen molar-refractivity contribution < 1.29 is 14.9 Å². The summed E-state index contributed by atoms with van der Waals surface area (Å²) >= 11 is 0. The summed E-state index contributed by atoms with van der Waals surface area (Å²) < 4.78 is 5.84. The van der Waals surface area contributed by atoms with E-state index in [0.717, 1.165) is 50.4 Å². The second-order valence-electron chi connectivity index (χ2n) is 12.1. The smallest absolute Gasteiger partial charge is 0.0625 e. The van der Waals surface area contributed by atoms with Gasteiger partial charge in [0.15, 0.2) is 0 Å². The van der Waals surface area contributed by atoms with Crippen molar-refractivity contribution in [3.8, 4) is 0 Å². The summed E-state index contributed by atoms with van der Waals surface area (Å²) in [5.41, 5.74) is 3.28. The van der Waals surface area contributed by atoms with Gasteiger partial charge in [0.25, 0.3) is 0 Å². The standard InChI is InChI=1S/C28H45NO3/c1-19(17-29-12-13-32-18-27(29)22-7-8-22)25-9-10-26-21(4-3-11-28(25,26)2)6-5-20-14-23(30)16-24(31)15-20/h5-6,19,22-27,30-31H,3-4,7-18H2,1-2H3/b21-6+/t19-,23-,24-,25-,26+,27-,28-/m1/s1. The quantitative estimate of drug-likeness (QED) is 0.646. The van der Waals surface area contributed by atoms with E-state index in [1.807, 2.05) is 0 Å². The minimum absolute atomic E-state index is 0.378. The van der Waals surface area contributed by atoms with Gasteiger partial charge in [0.2, 0.25) is 0 Å². The number of nitrogens with zero attached hydrogens (tertiary/aromatic N) is 1. The molecule has 4 aliphatic carbocycles. The van der Waals surface area contributed by atoms with Crippen LogP contribution in [0.15, 0.2) is 23.3 Å². The molecule has 1 aliphatic heterocycles. The summed E-state index contributed by atoms with van der Waals surface area (Å²) in [7, 11) is 0. The van der Waals surface area contributed by atoms with E-state index in [1.165, 1.54) is 57.1 Å². The molecule has 1 saturated heterocycles. The molecule has 0 bridgehead atoms. The molecule has 0 unspecified atom stereocenters. The van der Waals surface area contributed by atoms with Gasteiger partial charge >= 0.3 is 0 Å². The summed E-state index contributed by atoms with van der Waals surface area (Å²) in [6.07, 6.45) is 15.3. The minimum atomic E-state index is -0.378. The van der Waals surface area contributed by atoms with E-state index in [4.69, 9.17) is 4.74 Å². The first-order valence-corrected chi connectivity index (χ1v) is 13.5. The molecule has 4 saturated carbocycles. The second-order valence-corrected chi connectivity index (χ2v) is 12.1. The Balaban J connectivity index is 1.27. The van der Waals surface area contributed by atoms with Crippen LogP contribution in [0, 0.1) is 29.1 Å². The summed E-state index contributed by atoms with van der Waals surface area (Å²) in [6, 6.07) is 0.672. The van der Waals surface area contributed by atoms with Crippen molar-refractivity contribution in [3.63, 3.8) is 0 Å². The van der Waals surface area contributed by atoms with Crippen LogP contribution in [-0.4, -0.2) is 59.7 Å². The van der Waals surface area contributed by atoms with Crippen molar-refractivity contribution in [1.82, 2.24) is 4.90 Å². The van der Waals surface area contributed by atoms with Crippen LogP contribution >= 0.6 is 0 Å². The Morgan fingerprint density at radius 1 is 1.12 bits per heavy atom.